The SMILES string of the molecule is CC(C)CCCCCOP(=O)(O)OCCCCCC(C)C.CCCCCCCCCCCCCCN1C=CN(CC(CC)CCCC)C1. The summed E-state index contributed by atoms with van der Waals surface area (Å²) in [4.78, 5) is 14.6. The van der Waals surface area contributed by atoms with Gasteiger partial charge in [0.2, 0.25) is 0 Å². The van der Waals surface area contributed by atoms with Crippen LogP contribution in [0.2, 0.25) is 0 Å². The van der Waals surface area contributed by atoms with Crippen molar-refractivity contribution >= 4 is 7.82 Å². The Balaban J connectivity index is 0.000000952. The number of hydrogen-bond acceptors (Lipinski definition) is 5. The van der Waals surface area contributed by atoms with E-state index in [9.17, 15) is 9.46 Å². The highest BCUT2D eigenvalue weighted by atomic mass is 31.2. The lowest BCUT2D eigenvalue weighted by atomic mass is 9.99. The van der Waals surface area contributed by atoms with Crippen LogP contribution in [0.5, 0.6) is 0 Å². The number of nitrogens with zero attached hydrogens (tertiary/aromatic N) is 2. The quantitative estimate of drug-likeness (QED) is 0.0543. The van der Waals surface area contributed by atoms with Crippen molar-refractivity contribution in [2.75, 3.05) is 33.0 Å². The van der Waals surface area contributed by atoms with Gasteiger partial charge in [-0.3, -0.25) is 9.05 Å². The van der Waals surface area contributed by atoms with E-state index in [1.165, 1.54) is 129 Å². The molecular formula is C41H85N2O4P. The van der Waals surface area contributed by atoms with Gasteiger partial charge in [0.05, 0.1) is 19.9 Å². The van der Waals surface area contributed by atoms with E-state index in [1.54, 1.807) is 0 Å². The molecule has 0 radical (unpaired) electrons. The highest BCUT2D eigenvalue weighted by Crippen LogP contribution is 2.43. The summed E-state index contributed by atoms with van der Waals surface area (Å²) in [6.45, 7) is 20.0. The molecule has 0 spiro atoms. The van der Waals surface area contributed by atoms with Crippen molar-refractivity contribution in [1.29, 1.82) is 0 Å². The van der Waals surface area contributed by atoms with Gasteiger partial charge < -0.3 is 14.7 Å². The molecule has 1 unspecified atom stereocenters. The molecule has 48 heavy (non-hydrogen) atoms. The van der Waals surface area contributed by atoms with Gasteiger partial charge in [-0.15, -0.1) is 0 Å². The lowest BCUT2D eigenvalue weighted by Crippen LogP contribution is -2.29. The molecule has 1 heterocycles. The fraction of sp³-hybridized carbons (Fsp3) is 0.951. The van der Waals surface area contributed by atoms with Crippen LogP contribution >= 0.6 is 7.82 Å². The number of unbranched alkanes of at least 4 members (excludes halogenated alkanes) is 16. The van der Waals surface area contributed by atoms with Crippen LogP contribution in [0.3, 0.4) is 0 Å². The van der Waals surface area contributed by atoms with Gasteiger partial charge in [0.15, 0.2) is 0 Å². The Bertz CT molecular complexity index is 724. The second-order valence-electron chi connectivity index (χ2n) is 15.5. The van der Waals surface area contributed by atoms with Crippen molar-refractivity contribution in [3.63, 3.8) is 0 Å². The van der Waals surface area contributed by atoms with Crippen LogP contribution in [-0.4, -0.2) is 47.7 Å². The number of phosphoric ester groups is 1. The predicted octanol–water partition coefficient (Wildman–Crippen LogP) is 13.5. The van der Waals surface area contributed by atoms with Crippen molar-refractivity contribution in [3.8, 4) is 0 Å². The molecule has 1 aliphatic rings. The minimum atomic E-state index is -3.83. The van der Waals surface area contributed by atoms with E-state index in [0.717, 1.165) is 51.1 Å². The average Bonchev–Trinajstić information content (AvgIpc) is 3.50. The number of rotatable bonds is 33. The zero-order valence-corrected chi connectivity index (χ0v) is 34.3. The summed E-state index contributed by atoms with van der Waals surface area (Å²) in [5, 5.41) is 0. The standard InChI is InChI=1S/C25H50N2.C16H35O4P/c1-4-7-9-10-11-12-13-14-15-16-17-18-20-26-21-22-27(24-26)23-25(6-3)19-8-5-2;1-15(2)11-7-5-9-13-19-21(17,18)20-14-10-6-8-12-16(3)4/h21-22,25H,4-20,23-24H2,1-3H3;15-16H,5-14H2,1-4H3,(H,17,18). The van der Waals surface area contributed by atoms with Crippen molar-refractivity contribution in [3.05, 3.63) is 12.4 Å². The van der Waals surface area contributed by atoms with E-state index in [1.807, 2.05) is 0 Å². The van der Waals surface area contributed by atoms with Gasteiger partial charge in [-0.2, -0.15) is 0 Å². The molecule has 0 aromatic heterocycles. The zero-order chi connectivity index (χ0) is 35.7. The van der Waals surface area contributed by atoms with Crippen LogP contribution in [0, 0.1) is 17.8 Å². The first-order valence-corrected chi connectivity index (χ1v) is 22.4. The molecule has 0 aromatic carbocycles. The minimum absolute atomic E-state index is 0.305. The Labute approximate surface area is 301 Å². The normalized spacial score (nSPS) is 14.0. The molecule has 1 aliphatic heterocycles. The second kappa shape index (κ2) is 33.6. The molecule has 1 N–H and O–H groups in total. The molecule has 0 fully saturated rings. The highest BCUT2D eigenvalue weighted by molar-refractivity contribution is 7.47. The van der Waals surface area contributed by atoms with E-state index in [-0.39, 0.29) is 0 Å². The maximum atomic E-state index is 11.6. The Kier molecular flexibility index (Phi) is 33.2. The fourth-order valence-electron chi connectivity index (χ4n) is 6.24. The third-order valence-electron chi connectivity index (χ3n) is 9.55. The lowest BCUT2D eigenvalue weighted by Gasteiger charge is -2.25. The first-order chi connectivity index (χ1) is 23.1. The van der Waals surface area contributed by atoms with Crippen LogP contribution in [0.1, 0.15) is 203 Å². The first-order valence-electron chi connectivity index (χ1n) is 20.9. The Morgan fingerprint density at radius 3 is 1.48 bits per heavy atom. The van der Waals surface area contributed by atoms with Crippen LogP contribution in [0.15, 0.2) is 12.4 Å². The van der Waals surface area contributed by atoms with E-state index >= 15 is 0 Å². The van der Waals surface area contributed by atoms with Crippen molar-refractivity contribution < 1.29 is 18.5 Å². The van der Waals surface area contributed by atoms with Gasteiger partial charge in [0.1, 0.15) is 0 Å². The van der Waals surface area contributed by atoms with Gasteiger partial charge in [-0.25, -0.2) is 4.57 Å². The van der Waals surface area contributed by atoms with Crippen molar-refractivity contribution in [2.24, 2.45) is 17.8 Å². The molecule has 1 rings (SSSR count). The largest absolute Gasteiger partial charge is 0.472 e. The molecule has 288 valence electrons. The zero-order valence-electron chi connectivity index (χ0n) is 33.4. The molecule has 7 heteroatoms. The van der Waals surface area contributed by atoms with E-state index in [4.69, 9.17) is 9.05 Å². The molecular weight excluding hydrogens is 615 g/mol. The Morgan fingerprint density at radius 2 is 1.02 bits per heavy atom. The summed E-state index contributed by atoms with van der Waals surface area (Å²) >= 11 is 0. The number of hydrogen-bond donors (Lipinski definition) is 1. The smallest absolute Gasteiger partial charge is 0.359 e. The van der Waals surface area contributed by atoms with E-state index in [0.29, 0.717) is 25.0 Å². The van der Waals surface area contributed by atoms with Gasteiger partial charge in [0.25, 0.3) is 0 Å². The van der Waals surface area contributed by atoms with Crippen LogP contribution in [-0.2, 0) is 13.6 Å². The van der Waals surface area contributed by atoms with Gasteiger partial charge in [0, 0.05) is 25.5 Å². The lowest BCUT2D eigenvalue weighted by molar-refractivity contribution is 0.145. The third kappa shape index (κ3) is 32.6. The maximum Gasteiger partial charge on any atom is 0.472 e. The Hall–Kier alpha value is -0.550. The number of phosphoric acid groups is 1. The monoisotopic (exact) mass is 701 g/mol. The highest BCUT2D eigenvalue weighted by Gasteiger charge is 2.20. The molecule has 0 bridgehead atoms. The fourth-order valence-corrected chi connectivity index (χ4v) is 7.04. The molecule has 0 aliphatic carbocycles. The molecule has 1 atom stereocenters. The molecule has 0 aromatic rings. The summed E-state index contributed by atoms with van der Waals surface area (Å²) in [7, 11) is -3.83. The van der Waals surface area contributed by atoms with Gasteiger partial charge in [-0.1, -0.05) is 177 Å². The third-order valence-corrected chi connectivity index (χ3v) is 10.6. The second-order valence-corrected chi connectivity index (χ2v) is 16.9. The predicted molar refractivity (Wildman–Crippen MR) is 210 cm³/mol. The van der Waals surface area contributed by atoms with Crippen LogP contribution in [0.4, 0.5) is 0 Å². The molecule has 0 saturated heterocycles. The van der Waals surface area contributed by atoms with Crippen molar-refractivity contribution in [2.45, 2.75) is 203 Å². The minimum Gasteiger partial charge on any atom is -0.359 e. The summed E-state index contributed by atoms with van der Waals surface area (Å²) < 4.78 is 21.5. The van der Waals surface area contributed by atoms with E-state index in [2.05, 4.69) is 70.7 Å². The molecule has 0 saturated carbocycles. The first kappa shape index (κ1) is 47.4. The van der Waals surface area contributed by atoms with Crippen molar-refractivity contribution in [1.82, 2.24) is 9.80 Å². The van der Waals surface area contributed by atoms with Gasteiger partial charge in [-0.05, 0) is 43.4 Å². The average molecular weight is 701 g/mol. The molecule has 0 amide bonds. The summed E-state index contributed by atoms with van der Waals surface area (Å²) in [6.07, 6.45) is 35.7. The summed E-state index contributed by atoms with van der Waals surface area (Å²) in [5.41, 5.74) is 0. The Morgan fingerprint density at radius 1 is 0.583 bits per heavy atom. The molecule has 6 nitrogen and oxygen atoms in total. The summed E-state index contributed by atoms with van der Waals surface area (Å²) in [5.74, 6) is 2.31. The van der Waals surface area contributed by atoms with E-state index < -0.39 is 7.82 Å². The maximum absolute atomic E-state index is 11.6. The van der Waals surface area contributed by atoms with Crippen LogP contribution in [0.25, 0.3) is 0 Å². The topological polar surface area (TPSA) is 62.2 Å². The summed E-state index contributed by atoms with van der Waals surface area (Å²) in [6, 6.07) is 0. The van der Waals surface area contributed by atoms with Crippen LogP contribution < -0.4 is 0 Å². The van der Waals surface area contributed by atoms with Gasteiger partial charge >= 0.3 is 7.82 Å².